The van der Waals surface area contributed by atoms with Crippen LogP contribution < -0.4 is 0 Å². The number of carbonyl (C=O) groups is 1. The van der Waals surface area contributed by atoms with Crippen molar-refractivity contribution in [3.8, 4) is 0 Å². The standard InChI is InChI=1S/C6H11NO2.C4H10O2/c8-4-1-7-2-5-9-6-3-7;1-4(5-2)6-3/h4H,1-3,5-6H2;4H,1-3H3. The van der Waals surface area contributed by atoms with Crippen LogP contribution in [0.1, 0.15) is 6.92 Å². The lowest BCUT2D eigenvalue weighted by atomic mass is 10.4. The van der Waals surface area contributed by atoms with Crippen LogP contribution in [0.3, 0.4) is 0 Å². The van der Waals surface area contributed by atoms with Gasteiger partial charge < -0.3 is 19.0 Å². The first kappa shape index (κ1) is 14.5. The van der Waals surface area contributed by atoms with Crippen LogP contribution in [0.25, 0.3) is 0 Å². The molecule has 1 fully saturated rings. The van der Waals surface area contributed by atoms with Crippen LogP contribution in [-0.4, -0.2) is 64.5 Å². The third kappa shape index (κ3) is 8.50. The molecule has 0 N–H and O–H groups in total. The van der Waals surface area contributed by atoms with E-state index in [1.165, 1.54) is 0 Å². The molecule has 0 amide bonds. The van der Waals surface area contributed by atoms with Crippen molar-refractivity contribution in [2.24, 2.45) is 0 Å². The second-order valence-electron chi connectivity index (χ2n) is 3.12. The van der Waals surface area contributed by atoms with Crippen LogP contribution in [0.15, 0.2) is 0 Å². The molecule has 0 unspecified atom stereocenters. The maximum atomic E-state index is 9.99. The zero-order valence-corrected chi connectivity index (χ0v) is 9.77. The maximum Gasteiger partial charge on any atom is 0.154 e. The molecule has 5 heteroatoms. The Morgan fingerprint density at radius 1 is 1.33 bits per heavy atom. The Hall–Kier alpha value is -0.490. The number of carbonyl (C=O) groups excluding carboxylic acids is 1. The van der Waals surface area contributed by atoms with Gasteiger partial charge in [-0.25, -0.2) is 0 Å². The lowest BCUT2D eigenvalue weighted by Crippen LogP contribution is -2.37. The van der Waals surface area contributed by atoms with E-state index < -0.39 is 0 Å². The summed E-state index contributed by atoms with van der Waals surface area (Å²) < 4.78 is 14.4. The highest BCUT2D eigenvalue weighted by molar-refractivity contribution is 5.51. The van der Waals surface area contributed by atoms with Gasteiger partial charge in [-0.2, -0.15) is 0 Å². The summed E-state index contributed by atoms with van der Waals surface area (Å²) in [4.78, 5) is 12.1. The number of morpholine rings is 1. The van der Waals surface area contributed by atoms with Crippen molar-refractivity contribution >= 4 is 6.29 Å². The summed E-state index contributed by atoms with van der Waals surface area (Å²) in [5.74, 6) is 0. The summed E-state index contributed by atoms with van der Waals surface area (Å²) in [5.41, 5.74) is 0. The SMILES string of the molecule is COC(C)OC.O=CCN1CCOCC1. The highest BCUT2D eigenvalue weighted by Crippen LogP contribution is 1.93. The molecule has 90 valence electrons. The second kappa shape index (κ2) is 10.0. The fourth-order valence-corrected chi connectivity index (χ4v) is 0.985. The number of methoxy groups -OCH3 is 2. The molecule has 0 radical (unpaired) electrons. The summed E-state index contributed by atoms with van der Waals surface area (Å²) in [6.07, 6.45) is 0.871. The summed E-state index contributed by atoms with van der Waals surface area (Å²) in [7, 11) is 3.21. The summed E-state index contributed by atoms with van der Waals surface area (Å²) >= 11 is 0. The molecular weight excluding hydrogens is 198 g/mol. The van der Waals surface area contributed by atoms with Crippen molar-refractivity contribution in [2.45, 2.75) is 13.2 Å². The first-order chi connectivity index (χ1) is 7.24. The van der Waals surface area contributed by atoms with Crippen molar-refractivity contribution in [3.05, 3.63) is 0 Å². The van der Waals surface area contributed by atoms with E-state index in [1.807, 2.05) is 6.92 Å². The van der Waals surface area contributed by atoms with Gasteiger partial charge in [0.2, 0.25) is 0 Å². The average Bonchev–Trinajstić information content (AvgIpc) is 2.31. The summed E-state index contributed by atoms with van der Waals surface area (Å²) in [6.45, 7) is 5.74. The van der Waals surface area contributed by atoms with E-state index in [1.54, 1.807) is 14.2 Å². The van der Waals surface area contributed by atoms with Crippen molar-refractivity contribution in [3.63, 3.8) is 0 Å². The number of aldehydes is 1. The predicted molar refractivity (Wildman–Crippen MR) is 56.8 cm³/mol. The molecule has 0 bridgehead atoms. The van der Waals surface area contributed by atoms with Gasteiger partial charge in [0.05, 0.1) is 19.8 Å². The highest BCUT2D eigenvalue weighted by Gasteiger charge is 2.07. The zero-order valence-electron chi connectivity index (χ0n) is 9.77. The molecule has 15 heavy (non-hydrogen) atoms. The van der Waals surface area contributed by atoms with Gasteiger partial charge in [0, 0.05) is 27.3 Å². The van der Waals surface area contributed by atoms with E-state index in [4.69, 9.17) is 4.74 Å². The van der Waals surface area contributed by atoms with Gasteiger partial charge in [-0.1, -0.05) is 0 Å². The summed E-state index contributed by atoms with van der Waals surface area (Å²) in [6, 6.07) is 0. The van der Waals surface area contributed by atoms with Crippen LogP contribution in [0.5, 0.6) is 0 Å². The Balaban J connectivity index is 0.000000288. The van der Waals surface area contributed by atoms with Crippen LogP contribution >= 0.6 is 0 Å². The molecule has 0 spiro atoms. The fourth-order valence-electron chi connectivity index (χ4n) is 0.985. The quantitative estimate of drug-likeness (QED) is 0.497. The van der Waals surface area contributed by atoms with Gasteiger partial charge in [-0.3, -0.25) is 4.90 Å². The Morgan fingerprint density at radius 2 is 1.87 bits per heavy atom. The van der Waals surface area contributed by atoms with Crippen LogP contribution in [0.4, 0.5) is 0 Å². The molecule has 1 saturated heterocycles. The molecule has 1 aliphatic heterocycles. The third-order valence-electron chi connectivity index (χ3n) is 2.10. The molecule has 0 saturated carbocycles. The first-order valence-corrected chi connectivity index (χ1v) is 5.04. The minimum atomic E-state index is -0.0648. The molecule has 0 aliphatic carbocycles. The molecule has 1 rings (SSSR count). The van der Waals surface area contributed by atoms with Gasteiger partial charge in [0.15, 0.2) is 6.29 Å². The normalized spacial score (nSPS) is 17.1. The van der Waals surface area contributed by atoms with E-state index in [0.29, 0.717) is 6.54 Å². The van der Waals surface area contributed by atoms with Crippen LogP contribution in [0, 0.1) is 0 Å². The largest absolute Gasteiger partial charge is 0.379 e. The van der Waals surface area contributed by atoms with Crippen molar-refractivity contribution in [2.75, 3.05) is 47.1 Å². The highest BCUT2D eigenvalue weighted by atomic mass is 16.7. The van der Waals surface area contributed by atoms with Gasteiger partial charge in [0.1, 0.15) is 6.29 Å². The van der Waals surface area contributed by atoms with E-state index >= 15 is 0 Å². The molecule has 1 heterocycles. The van der Waals surface area contributed by atoms with E-state index in [-0.39, 0.29) is 6.29 Å². The van der Waals surface area contributed by atoms with Gasteiger partial charge in [-0.05, 0) is 6.92 Å². The minimum absolute atomic E-state index is 0.0648. The molecule has 0 aromatic rings. The maximum absolute atomic E-state index is 9.99. The second-order valence-corrected chi connectivity index (χ2v) is 3.12. The Labute approximate surface area is 91.3 Å². The lowest BCUT2D eigenvalue weighted by Gasteiger charge is -2.23. The molecule has 1 aliphatic rings. The number of hydrogen-bond acceptors (Lipinski definition) is 5. The Bertz CT molecular complexity index is 144. The lowest BCUT2D eigenvalue weighted by molar-refractivity contribution is -0.109. The van der Waals surface area contributed by atoms with Gasteiger partial charge in [0.25, 0.3) is 0 Å². The summed E-state index contributed by atoms with van der Waals surface area (Å²) in [5, 5.41) is 0. The topological polar surface area (TPSA) is 48.0 Å². The van der Waals surface area contributed by atoms with E-state index in [0.717, 1.165) is 32.6 Å². The number of rotatable bonds is 4. The molecule has 0 atom stereocenters. The predicted octanol–water partition coefficient (Wildman–Crippen LogP) is 0.143. The molecule has 0 aromatic heterocycles. The van der Waals surface area contributed by atoms with E-state index in [9.17, 15) is 4.79 Å². The van der Waals surface area contributed by atoms with Crippen molar-refractivity contribution in [1.82, 2.24) is 4.90 Å². The number of nitrogens with zero attached hydrogens (tertiary/aromatic N) is 1. The Kier molecular flexibility index (Phi) is 9.71. The molecular formula is C10H21NO4. The smallest absolute Gasteiger partial charge is 0.154 e. The van der Waals surface area contributed by atoms with Crippen LogP contribution in [-0.2, 0) is 19.0 Å². The van der Waals surface area contributed by atoms with E-state index in [2.05, 4.69) is 14.4 Å². The zero-order chi connectivity index (χ0) is 11.5. The average molecular weight is 219 g/mol. The minimum Gasteiger partial charge on any atom is -0.379 e. The monoisotopic (exact) mass is 219 g/mol. The van der Waals surface area contributed by atoms with Gasteiger partial charge in [-0.15, -0.1) is 0 Å². The van der Waals surface area contributed by atoms with Gasteiger partial charge >= 0.3 is 0 Å². The first-order valence-electron chi connectivity index (χ1n) is 5.04. The van der Waals surface area contributed by atoms with Crippen molar-refractivity contribution < 1.29 is 19.0 Å². The number of ether oxygens (including phenoxy) is 3. The van der Waals surface area contributed by atoms with Crippen molar-refractivity contribution in [1.29, 1.82) is 0 Å². The molecule has 5 nitrogen and oxygen atoms in total. The third-order valence-corrected chi connectivity index (χ3v) is 2.10. The van der Waals surface area contributed by atoms with Crippen LogP contribution in [0.2, 0.25) is 0 Å². The number of hydrogen-bond donors (Lipinski definition) is 0. The fraction of sp³-hybridized carbons (Fsp3) is 0.900. The molecule has 0 aromatic carbocycles. The Morgan fingerprint density at radius 3 is 2.20 bits per heavy atom.